The summed E-state index contributed by atoms with van der Waals surface area (Å²) < 4.78 is 0. The van der Waals surface area contributed by atoms with E-state index in [0.717, 1.165) is 6.04 Å². The molecule has 0 amide bonds. The van der Waals surface area contributed by atoms with E-state index < -0.39 is 0 Å². The Morgan fingerprint density at radius 2 is 2.27 bits per heavy atom. The van der Waals surface area contributed by atoms with Crippen LogP contribution < -0.4 is 5.32 Å². The number of hydrogen-bond donors (Lipinski definition) is 1. The molecule has 0 bridgehead atoms. The van der Waals surface area contributed by atoms with Gasteiger partial charge in [0.05, 0.1) is 0 Å². The van der Waals surface area contributed by atoms with Crippen molar-refractivity contribution >= 4 is 0 Å². The Morgan fingerprint density at radius 1 is 1.36 bits per heavy atom. The highest BCUT2D eigenvalue weighted by Crippen LogP contribution is 2.18. The molecule has 64 valence electrons. The molecule has 2 heterocycles. The van der Waals surface area contributed by atoms with Gasteiger partial charge in [-0.2, -0.15) is 0 Å². The summed E-state index contributed by atoms with van der Waals surface area (Å²) in [7, 11) is 0. The van der Waals surface area contributed by atoms with E-state index in [0.29, 0.717) is 6.04 Å². The third kappa shape index (κ3) is 1.57. The molecule has 0 radical (unpaired) electrons. The second-order valence-corrected chi connectivity index (χ2v) is 3.95. The Bertz CT molecular complexity index is 136. The molecule has 2 nitrogen and oxygen atoms in total. The minimum atomic E-state index is 0.712. The Hall–Kier alpha value is -0.0800. The van der Waals surface area contributed by atoms with E-state index in [1.807, 2.05) is 0 Å². The SMILES string of the molecule is C[C@@H]1CN2CCCCC2CN1. The second kappa shape index (κ2) is 3.11. The standard InChI is InChI=1S/C9H18N2/c1-8-7-11-5-3-2-4-9(11)6-10-8/h8-10H,2-7H2,1H3/t8-,9?/m1/s1. The topological polar surface area (TPSA) is 15.3 Å². The minimum Gasteiger partial charge on any atom is -0.311 e. The molecular formula is C9H18N2. The van der Waals surface area contributed by atoms with Gasteiger partial charge in [-0.05, 0) is 26.3 Å². The molecule has 2 atom stereocenters. The lowest BCUT2D eigenvalue weighted by molar-refractivity contribution is 0.0995. The zero-order valence-electron chi connectivity index (χ0n) is 7.34. The van der Waals surface area contributed by atoms with Crippen LogP contribution in [0.4, 0.5) is 0 Å². The summed E-state index contributed by atoms with van der Waals surface area (Å²) in [6.07, 6.45) is 4.28. The van der Waals surface area contributed by atoms with Crippen molar-refractivity contribution in [3.8, 4) is 0 Å². The lowest BCUT2D eigenvalue weighted by Gasteiger charge is -2.42. The number of rotatable bonds is 0. The van der Waals surface area contributed by atoms with Gasteiger partial charge in [0.15, 0.2) is 0 Å². The van der Waals surface area contributed by atoms with Crippen LogP contribution in [-0.2, 0) is 0 Å². The molecule has 1 N–H and O–H groups in total. The van der Waals surface area contributed by atoms with E-state index in [9.17, 15) is 0 Å². The third-order valence-electron chi connectivity index (χ3n) is 2.96. The summed E-state index contributed by atoms with van der Waals surface area (Å²) >= 11 is 0. The molecule has 2 heteroatoms. The number of nitrogens with one attached hydrogen (secondary N) is 1. The molecular weight excluding hydrogens is 136 g/mol. The predicted molar refractivity (Wildman–Crippen MR) is 46.7 cm³/mol. The van der Waals surface area contributed by atoms with Crippen LogP contribution >= 0.6 is 0 Å². The van der Waals surface area contributed by atoms with E-state index in [1.165, 1.54) is 38.9 Å². The highest BCUT2D eigenvalue weighted by atomic mass is 15.2. The van der Waals surface area contributed by atoms with Crippen LogP contribution in [0.3, 0.4) is 0 Å². The summed E-state index contributed by atoms with van der Waals surface area (Å²) in [6, 6.07) is 1.57. The van der Waals surface area contributed by atoms with Gasteiger partial charge in [0.1, 0.15) is 0 Å². The molecule has 0 aromatic heterocycles. The highest BCUT2D eigenvalue weighted by molar-refractivity contribution is 4.86. The van der Waals surface area contributed by atoms with Crippen molar-refractivity contribution in [2.24, 2.45) is 0 Å². The largest absolute Gasteiger partial charge is 0.311 e. The van der Waals surface area contributed by atoms with Gasteiger partial charge in [-0.1, -0.05) is 6.42 Å². The molecule has 0 aliphatic carbocycles. The fourth-order valence-electron chi connectivity index (χ4n) is 2.29. The number of fused-ring (bicyclic) bond motifs is 1. The average molecular weight is 154 g/mol. The van der Waals surface area contributed by atoms with Gasteiger partial charge in [0, 0.05) is 25.2 Å². The Morgan fingerprint density at radius 3 is 3.18 bits per heavy atom. The quantitative estimate of drug-likeness (QED) is 0.556. The molecule has 0 spiro atoms. The zero-order chi connectivity index (χ0) is 7.68. The monoisotopic (exact) mass is 154 g/mol. The van der Waals surface area contributed by atoms with Crippen LogP contribution in [0.1, 0.15) is 26.2 Å². The number of piperazine rings is 1. The Balaban J connectivity index is 1.93. The van der Waals surface area contributed by atoms with Crippen LogP contribution in [0.25, 0.3) is 0 Å². The molecule has 2 saturated heterocycles. The van der Waals surface area contributed by atoms with E-state index >= 15 is 0 Å². The van der Waals surface area contributed by atoms with Crippen LogP contribution in [0, 0.1) is 0 Å². The molecule has 2 aliphatic heterocycles. The van der Waals surface area contributed by atoms with Gasteiger partial charge < -0.3 is 5.32 Å². The van der Waals surface area contributed by atoms with Gasteiger partial charge in [-0.15, -0.1) is 0 Å². The third-order valence-corrected chi connectivity index (χ3v) is 2.96. The molecule has 0 saturated carbocycles. The lowest BCUT2D eigenvalue weighted by Crippen LogP contribution is -2.56. The Labute approximate surface area is 69.0 Å². The summed E-state index contributed by atoms with van der Waals surface area (Å²) in [5.41, 5.74) is 0. The number of nitrogens with zero attached hydrogens (tertiary/aromatic N) is 1. The first-order valence-corrected chi connectivity index (χ1v) is 4.83. The molecule has 2 fully saturated rings. The van der Waals surface area contributed by atoms with E-state index in [1.54, 1.807) is 0 Å². The summed E-state index contributed by atoms with van der Waals surface area (Å²) in [6.45, 7) is 6.12. The van der Waals surface area contributed by atoms with Crippen molar-refractivity contribution in [3.63, 3.8) is 0 Å². The first-order valence-electron chi connectivity index (χ1n) is 4.83. The van der Waals surface area contributed by atoms with Crippen molar-refractivity contribution in [3.05, 3.63) is 0 Å². The molecule has 2 rings (SSSR count). The van der Waals surface area contributed by atoms with Gasteiger partial charge >= 0.3 is 0 Å². The van der Waals surface area contributed by atoms with Gasteiger partial charge in [0.25, 0.3) is 0 Å². The van der Waals surface area contributed by atoms with Crippen molar-refractivity contribution in [2.45, 2.75) is 38.3 Å². The van der Waals surface area contributed by atoms with E-state index in [2.05, 4.69) is 17.1 Å². The fourth-order valence-corrected chi connectivity index (χ4v) is 2.29. The van der Waals surface area contributed by atoms with E-state index in [-0.39, 0.29) is 0 Å². The predicted octanol–water partition coefficient (Wildman–Crippen LogP) is 0.833. The van der Waals surface area contributed by atoms with Crippen LogP contribution in [-0.4, -0.2) is 36.6 Å². The second-order valence-electron chi connectivity index (χ2n) is 3.95. The van der Waals surface area contributed by atoms with Crippen molar-refractivity contribution in [2.75, 3.05) is 19.6 Å². The van der Waals surface area contributed by atoms with Crippen molar-refractivity contribution < 1.29 is 0 Å². The highest BCUT2D eigenvalue weighted by Gasteiger charge is 2.27. The van der Waals surface area contributed by atoms with Gasteiger partial charge in [-0.3, -0.25) is 4.90 Å². The van der Waals surface area contributed by atoms with Gasteiger partial charge in [-0.25, -0.2) is 0 Å². The normalized spacial score (nSPS) is 40.1. The average Bonchev–Trinajstić information content (AvgIpc) is 2.04. The number of hydrogen-bond acceptors (Lipinski definition) is 2. The maximum atomic E-state index is 3.54. The smallest absolute Gasteiger partial charge is 0.0221 e. The zero-order valence-corrected chi connectivity index (χ0v) is 7.34. The summed E-state index contributed by atoms with van der Waals surface area (Å²) in [5, 5.41) is 3.54. The van der Waals surface area contributed by atoms with Crippen molar-refractivity contribution in [1.82, 2.24) is 10.2 Å². The number of piperidine rings is 1. The summed E-state index contributed by atoms with van der Waals surface area (Å²) in [4.78, 5) is 2.66. The fraction of sp³-hybridized carbons (Fsp3) is 1.00. The van der Waals surface area contributed by atoms with Crippen LogP contribution in [0.2, 0.25) is 0 Å². The van der Waals surface area contributed by atoms with Gasteiger partial charge in [0.2, 0.25) is 0 Å². The van der Waals surface area contributed by atoms with E-state index in [4.69, 9.17) is 0 Å². The first-order chi connectivity index (χ1) is 5.36. The maximum absolute atomic E-state index is 3.54. The minimum absolute atomic E-state index is 0.712. The Kier molecular flexibility index (Phi) is 2.14. The maximum Gasteiger partial charge on any atom is 0.0221 e. The molecule has 1 unspecified atom stereocenters. The molecule has 0 aromatic rings. The van der Waals surface area contributed by atoms with Crippen LogP contribution in [0.5, 0.6) is 0 Å². The van der Waals surface area contributed by atoms with Crippen molar-refractivity contribution in [1.29, 1.82) is 0 Å². The lowest BCUT2D eigenvalue weighted by atomic mass is 9.99. The first kappa shape index (κ1) is 7.56. The van der Waals surface area contributed by atoms with Crippen LogP contribution in [0.15, 0.2) is 0 Å². The molecule has 2 aliphatic rings. The summed E-state index contributed by atoms with van der Waals surface area (Å²) in [5.74, 6) is 0. The molecule has 11 heavy (non-hydrogen) atoms. The molecule has 0 aromatic carbocycles.